The molecule has 0 aliphatic carbocycles. The minimum Gasteiger partial charge on any atom is -0.482 e. The summed E-state index contributed by atoms with van der Waals surface area (Å²) in [6, 6.07) is 14.5. The minimum absolute atomic E-state index is 0.0351. The first-order chi connectivity index (χ1) is 16.5. The highest BCUT2D eigenvalue weighted by molar-refractivity contribution is 5.99. The molecule has 1 saturated heterocycles. The van der Waals surface area contributed by atoms with Crippen molar-refractivity contribution in [2.45, 2.75) is 18.8 Å². The van der Waals surface area contributed by atoms with Crippen LogP contribution < -0.4 is 10.1 Å². The number of carbonyl (C=O) groups excluding carboxylic acids is 2. The normalized spacial score (nSPS) is 16.9. The van der Waals surface area contributed by atoms with Crippen LogP contribution in [0, 0.1) is 17.7 Å². The predicted octanol–water partition coefficient (Wildman–Crippen LogP) is 4.38. The molecule has 3 aromatic rings. The van der Waals surface area contributed by atoms with E-state index in [1.54, 1.807) is 41.3 Å². The maximum atomic E-state index is 13.5. The Kier molecular flexibility index (Phi) is 5.96. The standard InChI is InChI=1S/C26H23F2N3O3/c27-20-5-1-16(2-6-20)25(19-4-8-23(28)29-14-19)17-9-11-31(12-10-17)26(33)18-3-7-22-21(13-18)30-24(32)15-34-22/h1-8,13-14,17,25H,9-12,15H2,(H,30,32). The Hall–Kier alpha value is -3.81. The van der Waals surface area contributed by atoms with Gasteiger partial charge in [-0.3, -0.25) is 9.59 Å². The second kappa shape index (κ2) is 9.21. The van der Waals surface area contributed by atoms with E-state index in [-0.39, 0.29) is 36.1 Å². The molecule has 1 fully saturated rings. The van der Waals surface area contributed by atoms with Crippen LogP contribution in [-0.4, -0.2) is 41.4 Å². The molecule has 0 spiro atoms. The van der Waals surface area contributed by atoms with Gasteiger partial charge in [-0.1, -0.05) is 18.2 Å². The number of pyridine rings is 1. The van der Waals surface area contributed by atoms with Gasteiger partial charge in [-0.05, 0) is 66.3 Å². The fourth-order valence-corrected chi connectivity index (χ4v) is 4.81. The number of piperidine rings is 1. The Morgan fingerprint density at radius 2 is 1.76 bits per heavy atom. The molecule has 174 valence electrons. The van der Waals surface area contributed by atoms with Gasteiger partial charge in [0.25, 0.3) is 11.8 Å². The van der Waals surface area contributed by atoms with Crippen LogP contribution in [0.2, 0.25) is 0 Å². The summed E-state index contributed by atoms with van der Waals surface area (Å²) >= 11 is 0. The molecule has 1 aromatic heterocycles. The van der Waals surface area contributed by atoms with E-state index in [9.17, 15) is 18.4 Å². The number of anilines is 1. The van der Waals surface area contributed by atoms with Gasteiger partial charge in [0.1, 0.15) is 11.6 Å². The third-order valence-corrected chi connectivity index (χ3v) is 6.50. The monoisotopic (exact) mass is 463 g/mol. The molecule has 34 heavy (non-hydrogen) atoms. The van der Waals surface area contributed by atoms with E-state index in [0.717, 1.165) is 24.0 Å². The van der Waals surface area contributed by atoms with Crippen molar-refractivity contribution in [1.82, 2.24) is 9.88 Å². The van der Waals surface area contributed by atoms with Crippen LogP contribution >= 0.6 is 0 Å². The highest BCUT2D eigenvalue weighted by Crippen LogP contribution is 2.38. The lowest BCUT2D eigenvalue weighted by Gasteiger charge is -2.36. The van der Waals surface area contributed by atoms with Gasteiger partial charge in [-0.25, -0.2) is 9.37 Å². The van der Waals surface area contributed by atoms with E-state index >= 15 is 0 Å². The van der Waals surface area contributed by atoms with E-state index in [1.807, 2.05) is 0 Å². The topological polar surface area (TPSA) is 71.5 Å². The van der Waals surface area contributed by atoms with Crippen LogP contribution in [0.3, 0.4) is 0 Å². The first-order valence-electron chi connectivity index (χ1n) is 11.2. The van der Waals surface area contributed by atoms with Crippen molar-refractivity contribution in [1.29, 1.82) is 0 Å². The van der Waals surface area contributed by atoms with E-state index in [1.165, 1.54) is 24.4 Å². The van der Waals surface area contributed by atoms with Gasteiger partial charge < -0.3 is 15.0 Å². The number of hydrogen-bond acceptors (Lipinski definition) is 4. The van der Waals surface area contributed by atoms with Crippen molar-refractivity contribution >= 4 is 17.5 Å². The smallest absolute Gasteiger partial charge is 0.262 e. The minimum atomic E-state index is -0.548. The average molecular weight is 463 g/mol. The van der Waals surface area contributed by atoms with Gasteiger partial charge in [0, 0.05) is 30.8 Å². The molecule has 2 aromatic carbocycles. The maximum Gasteiger partial charge on any atom is 0.262 e. The summed E-state index contributed by atoms with van der Waals surface area (Å²) < 4.78 is 32.3. The van der Waals surface area contributed by atoms with Crippen LogP contribution in [-0.2, 0) is 4.79 Å². The predicted molar refractivity (Wildman–Crippen MR) is 122 cm³/mol. The second-order valence-corrected chi connectivity index (χ2v) is 8.62. The zero-order chi connectivity index (χ0) is 23.7. The van der Waals surface area contributed by atoms with Crippen LogP contribution in [0.25, 0.3) is 0 Å². The number of amides is 2. The Bertz CT molecular complexity index is 1160. The summed E-state index contributed by atoms with van der Waals surface area (Å²) in [7, 11) is 0. The second-order valence-electron chi connectivity index (χ2n) is 8.62. The number of ether oxygens (including phenoxy) is 1. The van der Waals surface area contributed by atoms with Gasteiger partial charge in [-0.2, -0.15) is 4.39 Å². The van der Waals surface area contributed by atoms with Crippen molar-refractivity contribution in [3.8, 4) is 5.75 Å². The lowest BCUT2D eigenvalue weighted by Crippen LogP contribution is -2.40. The van der Waals surface area contributed by atoms with E-state index in [0.29, 0.717) is 30.1 Å². The third-order valence-electron chi connectivity index (χ3n) is 6.50. The number of hydrogen-bond donors (Lipinski definition) is 1. The number of likely N-dealkylation sites (tertiary alicyclic amines) is 1. The Morgan fingerprint density at radius 1 is 1.03 bits per heavy atom. The summed E-state index contributed by atoms with van der Waals surface area (Å²) in [5.41, 5.74) is 2.78. The van der Waals surface area contributed by atoms with Crippen molar-refractivity contribution < 1.29 is 23.1 Å². The molecule has 0 bridgehead atoms. The summed E-state index contributed by atoms with van der Waals surface area (Å²) in [6.07, 6.45) is 3.00. The number of carbonyl (C=O) groups is 2. The molecule has 1 N–H and O–H groups in total. The first kappa shape index (κ1) is 22.0. The average Bonchev–Trinajstić information content (AvgIpc) is 2.86. The summed E-state index contributed by atoms with van der Waals surface area (Å²) in [4.78, 5) is 30.4. The Balaban J connectivity index is 1.33. The van der Waals surface area contributed by atoms with Crippen LogP contribution in [0.15, 0.2) is 60.8 Å². The molecule has 0 saturated carbocycles. The lowest BCUT2D eigenvalue weighted by molar-refractivity contribution is -0.118. The van der Waals surface area contributed by atoms with Crippen molar-refractivity contribution in [2.24, 2.45) is 5.92 Å². The molecule has 0 radical (unpaired) electrons. The Morgan fingerprint density at radius 3 is 2.47 bits per heavy atom. The van der Waals surface area contributed by atoms with Gasteiger partial charge in [0.2, 0.25) is 5.95 Å². The van der Waals surface area contributed by atoms with E-state index in [4.69, 9.17) is 4.74 Å². The SMILES string of the molecule is O=C1COc2ccc(C(=O)N3CCC(C(c4ccc(F)cc4)c4ccc(F)nc4)CC3)cc2N1. The highest BCUT2D eigenvalue weighted by Gasteiger charge is 2.31. The highest BCUT2D eigenvalue weighted by atomic mass is 19.1. The molecule has 2 amide bonds. The molecular weight excluding hydrogens is 440 g/mol. The molecule has 3 heterocycles. The number of benzene rings is 2. The number of rotatable bonds is 4. The molecule has 1 atom stereocenters. The Labute approximate surface area is 195 Å². The summed E-state index contributed by atoms with van der Waals surface area (Å²) in [5, 5.41) is 2.73. The molecule has 6 nitrogen and oxygen atoms in total. The molecule has 2 aliphatic heterocycles. The van der Waals surface area contributed by atoms with Crippen molar-refractivity contribution in [3.63, 3.8) is 0 Å². The quantitative estimate of drug-likeness (QED) is 0.583. The van der Waals surface area contributed by atoms with Crippen LogP contribution in [0.1, 0.15) is 40.2 Å². The lowest BCUT2D eigenvalue weighted by atomic mass is 9.76. The van der Waals surface area contributed by atoms with Crippen LogP contribution in [0.4, 0.5) is 14.5 Å². The number of aromatic nitrogens is 1. The zero-order valence-corrected chi connectivity index (χ0v) is 18.3. The van der Waals surface area contributed by atoms with Gasteiger partial charge in [0.05, 0.1) is 5.69 Å². The molecule has 5 rings (SSSR count). The van der Waals surface area contributed by atoms with Gasteiger partial charge >= 0.3 is 0 Å². The molecule has 2 aliphatic rings. The largest absolute Gasteiger partial charge is 0.482 e. The fraction of sp³-hybridized carbons (Fsp3) is 0.269. The van der Waals surface area contributed by atoms with Gasteiger partial charge in [-0.15, -0.1) is 0 Å². The summed E-state index contributed by atoms with van der Waals surface area (Å²) in [5.74, 6) is -0.576. The molecule has 8 heteroatoms. The molecular formula is C26H23F2N3O3. The van der Waals surface area contributed by atoms with Crippen molar-refractivity contribution in [3.05, 3.63) is 89.2 Å². The number of nitrogens with one attached hydrogen (secondary N) is 1. The molecule has 1 unspecified atom stereocenters. The first-order valence-corrected chi connectivity index (χ1v) is 11.2. The van der Waals surface area contributed by atoms with E-state index < -0.39 is 5.95 Å². The van der Waals surface area contributed by atoms with Gasteiger partial charge in [0.15, 0.2) is 6.61 Å². The number of halogens is 2. The van der Waals surface area contributed by atoms with Crippen LogP contribution in [0.5, 0.6) is 5.75 Å². The third kappa shape index (κ3) is 4.48. The zero-order valence-electron chi connectivity index (χ0n) is 18.3. The summed E-state index contributed by atoms with van der Waals surface area (Å²) in [6.45, 7) is 1.07. The maximum absolute atomic E-state index is 13.5. The number of fused-ring (bicyclic) bond motifs is 1. The van der Waals surface area contributed by atoms with E-state index in [2.05, 4.69) is 10.3 Å². The van der Waals surface area contributed by atoms with Crippen molar-refractivity contribution in [2.75, 3.05) is 25.0 Å². The number of nitrogens with zero attached hydrogens (tertiary/aromatic N) is 2. The fourth-order valence-electron chi connectivity index (χ4n) is 4.81.